The molecule has 0 aliphatic rings. The second-order valence-corrected chi connectivity index (χ2v) is 8.82. The first-order chi connectivity index (χ1) is 17.1. The number of nitrogens with zero attached hydrogens (tertiary/aromatic N) is 3. The standard InChI is InChI=1S/C26H23N5O3S/c1-3-23-29-17(14-35-23)13-28-25(33)16-6-8-20-21(12-16)31-24(30-20)19-11-15(7-9-22(19)32)18-5-4-10-27-26(18)34-2/h4-12,14,32H,3,13H2,1-2H3,(H,28,33)(H,30,31). The molecule has 0 saturated heterocycles. The number of rotatable bonds is 7. The van der Waals surface area contributed by atoms with Crippen molar-refractivity contribution in [2.24, 2.45) is 0 Å². The van der Waals surface area contributed by atoms with Gasteiger partial charge in [-0.3, -0.25) is 4.79 Å². The summed E-state index contributed by atoms with van der Waals surface area (Å²) in [7, 11) is 1.57. The van der Waals surface area contributed by atoms with E-state index in [1.807, 2.05) is 23.6 Å². The molecule has 2 aromatic carbocycles. The van der Waals surface area contributed by atoms with Gasteiger partial charge in [-0.05, 0) is 54.4 Å². The van der Waals surface area contributed by atoms with Crippen LogP contribution in [0.3, 0.4) is 0 Å². The van der Waals surface area contributed by atoms with Crippen LogP contribution in [0.1, 0.15) is 28.0 Å². The van der Waals surface area contributed by atoms with Crippen LogP contribution >= 0.6 is 11.3 Å². The normalized spacial score (nSPS) is 11.0. The molecule has 5 rings (SSSR count). The maximum atomic E-state index is 12.7. The summed E-state index contributed by atoms with van der Waals surface area (Å²) in [5.41, 5.74) is 4.91. The number of nitrogens with one attached hydrogen (secondary N) is 2. The van der Waals surface area contributed by atoms with E-state index in [2.05, 4.69) is 32.2 Å². The molecule has 3 aromatic heterocycles. The highest BCUT2D eigenvalue weighted by molar-refractivity contribution is 7.09. The Morgan fingerprint density at radius 1 is 1.14 bits per heavy atom. The molecule has 1 amide bonds. The lowest BCUT2D eigenvalue weighted by Crippen LogP contribution is -2.22. The van der Waals surface area contributed by atoms with E-state index in [4.69, 9.17) is 4.74 Å². The van der Waals surface area contributed by atoms with Crippen LogP contribution in [0.25, 0.3) is 33.5 Å². The van der Waals surface area contributed by atoms with Crippen LogP contribution < -0.4 is 10.1 Å². The van der Waals surface area contributed by atoms with Gasteiger partial charge in [0.2, 0.25) is 5.88 Å². The highest BCUT2D eigenvalue weighted by Gasteiger charge is 2.15. The summed E-state index contributed by atoms with van der Waals surface area (Å²) < 4.78 is 5.38. The largest absolute Gasteiger partial charge is 0.507 e. The molecule has 9 heteroatoms. The Kier molecular flexibility index (Phi) is 6.15. The first kappa shape index (κ1) is 22.5. The number of aromatic amines is 1. The summed E-state index contributed by atoms with van der Waals surface area (Å²) in [5, 5.41) is 16.5. The summed E-state index contributed by atoms with van der Waals surface area (Å²) in [4.78, 5) is 29.3. The van der Waals surface area contributed by atoms with Gasteiger partial charge in [-0.15, -0.1) is 11.3 Å². The van der Waals surface area contributed by atoms with Crippen LogP contribution in [-0.4, -0.2) is 38.1 Å². The first-order valence-electron chi connectivity index (χ1n) is 11.1. The molecule has 0 fully saturated rings. The molecule has 0 aliphatic carbocycles. The molecule has 0 aliphatic heterocycles. The molecule has 35 heavy (non-hydrogen) atoms. The number of imidazole rings is 1. The molecule has 0 saturated carbocycles. The lowest BCUT2D eigenvalue weighted by Gasteiger charge is -2.09. The van der Waals surface area contributed by atoms with E-state index >= 15 is 0 Å². The topological polar surface area (TPSA) is 113 Å². The van der Waals surface area contributed by atoms with E-state index in [0.717, 1.165) is 28.2 Å². The zero-order chi connectivity index (χ0) is 24.4. The monoisotopic (exact) mass is 485 g/mol. The Hall–Kier alpha value is -4.24. The van der Waals surface area contributed by atoms with E-state index < -0.39 is 0 Å². The van der Waals surface area contributed by atoms with E-state index in [9.17, 15) is 9.90 Å². The number of aryl methyl sites for hydroxylation is 1. The highest BCUT2D eigenvalue weighted by atomic mass is 32.1. The Morgan fingerprint density at radius 2 is 2.03 bits per heavy atom. The van der Waals surface area contributed by atoms with Gasteiger partial charge in [0, 0.05) is 22.7 Å². The van der Waals surface area contributed by atoms with Crippen molar-refractivity contribution in [3.05, 3.63) is 76.4 Å². The number of aromatic hydroxyl groups is 1. The maximum absolute atomic E-state index is 12.7. The Balaban J connectivity index is 1.41. The molecular weight excluding hydrogens is 462 g/mol. The number of amides is 1. The second-order valence-electron chi connectivity index (χ2n) is 7.88. The SMILES string of the molecule is CCc1nc(CNC(=O)c2ccc3nc(-c4cc(-c5cccnc5OC)ccc4O)[nH]c3c2)cs1. The first-order valence-corrected chi connectivity index (χ1v) is 12.0. The third kappa shape index (κ3) is 4.58. The van der Waals surface area contributed by atoms with Crippen molar-refractivity contribution >= 4 is 28.3 Å². The van der Waals surface area contributed by atoms with Gasteiger partial charge in [-0.1, -0.05) is 13.0 Å². The fourth-order valence-corrected chi connectivity index (χ4v) is 4.55. The summed E-state index contributed by atoms with van der Waals surface area (Å²) >= 11 is 1.60. The number of pyridine rings is 1. The number of carbonyl (C=O) groups is 1. The number of fused-ring (bicyclic) bond motifs is 1. The van der Waals surface area contributed by atoms with Crippen molar-refractivity contribution in [3.8, 4) is 34.1 Å². The number of H-pyrrole nitrogens is 1. The third-order valence-corrected chi connectivity index (χ3v) is 6.65. The summed E-state index contributed by atoms with van der Waals surface area (Å²) in [6.45, 7) is 2.43. The predicted octanol–water partition coefficient (Wildman–Crippen LogP) is 4.96. The molecule has 8 nitrogen and oxygen atoms in total. The minimum Gasteiger partial charge on any atom is -0.507 e. The van der Waals surface area contributed by atoms with Gasteiger partial charge in [0.25, 0.3) is 5.91 Å². The molecule has 0 bridgehead atoms. The molecular formula is C26H23N5O3S. The molecule has 0 spiro atoms. The van der Waals surface area contributed by atoms with Crippen LogP contribution in [0.15, 0.2) is 60.1 Å². The number of benzene rings is 2. The zero-order valence-electron chi connectivity index (χ0n) is 19.2. The molecule has 176 valence electrons. The van der Waals surface area contributed by atoms with E-state index in [-0.39, 0.29) is 11.7 Å². The molecule has 3 heterocycles. The maximum Gasteiger partial charge on any atom is 0.251 e. The quantitative estimate of drug-likeness (QED) is 0.300. The van der Waals surface area contributed by atoms with Crippen LogP contribution in [0.4, 0.5) is 0 Å². The van der Waals surface area contributed by atoms with E-state index in [0.29, 0.717) is 40.4 Å². The summed E-state index contributed by atoms with van der Waals surface area (Å²) in [6, 6.07) is 14.3. The number of hydrogen-bond donors (Lipinski definition) is 3. The number of phenols is 1. The second kappa shape index (κ2) is 9.55. The fraction of sp³-hybridized carbons (Fsp3) is 0.154. The van der Waals surface area contributed by atoms with Crippen LogP contribution in [0, 0.1) is 0 Å². The van der Waals surface area contributed by atoms with Crippen molar-refractivity contribution in [3.63, 3.8) is 0 Å². The summed E-state index contributed by atoms with van der Waals surface area (Å²) in [6.07, 6.45) is 2.54. The predicted molar refractivity (Wildman–Crippen MR) is 136 cm³/mol. The van der Waals surface area contributed by atoms with Gasteiger partial charge in [0.05, 0.1) is 41.0 Å². The fourth-order valence-electron chi connectivity index (χ4n) is 3.81. The van der Waals surface area contributed by atoms with Crippen molar-refractivity contribution < 1.29 is 14.6 Å². The van der Waals surface area contributed by atoms with Gasteiger partial charge < -0.3 is 20.1 Å². The average molecular weight is 486 g/mol. The van der Waals surface area contributed by atoms with Crippen LogP contribution in [-0.2, 0) is 13.0 Å². The van der Waals surface area contributed by atoms with Gasteiger partial charge in [0.1, 0.15) is 11.6 Å². The van der Waals surface area contributed by atoms with E-state index in [1.54, 1.807) is 55.0 Å². The van der Waals surface area contributed by atoms with Crippen molar-refractivity contribution in [2.45, 2.75) is 19.9 Å². The molecule has 0 radical (unpaired) electrons. The van der Waals surface area contributed by atoms with Crippen molar-refractivity contribution in [2.75, 3.05) is 7.11 Å². The zero-order valence-corrected chi connectivity index (χ0v) is 20.0. The van der Waals surface area contributed by atoms with Gasteiger partial charge in [-0.2, -0.15) is 0 Å². The Labute approximate surface area is 205 Å². The average Bonchev–Trinajstić information content (AvgIpc) is 3.54. The Morgan fingerprint density at radius 3 is 2.83 bits per heavy atom. The van der Waals surface area contributed by atoms with Gasteiger partial charge in [-0.25, -0.2) is 15.0 Å². The minimum atomic E-state index is -0.192. The molecule has 3 N–H and O–H groups in total. The highest BCUT2D eigenvalue weighted by Crippen LogP contribution is 2.35. The lowest BCUT2D eigenvalue weighted by molar-refractivity contribution is 0.0950. The number of phenolic OH excluding ortho intramolecular Hbond substituents is 1. The summed E-state index contributed by atoms with van der Waals surface area (Å²) in [5.74, 6) is 0.883. The van der Waals surface area contributed by atoms with Crippen molar-refractivity contribution in [1.29, 1.82) is 0 Å². The molecule has 5 aromatic rings. The van der Waals surface area contributed by atoms with Gasteiger partial charge >= 0.3 is 0 Å². The number of aromatic nitrogens is 4. The number of ether oxygens (including phenoxy) is 1. The Bertz CT molecular complexity index is 1520. The van der Waals surface area contributed by atoms with Crippen LogP contribution in [0.2, 0.25) is 0 Å². The smallest absolute Gasteiger partial charge is 0.251 e. The van der Waals surface area contributed by atoms with Crippen LogP contribution in [0.5, 0.6) is 11.6 Å². The molecule has 0 atom stereocenters. The number of carbonyl (C=O) groups excluding carboxylic acids is 1. The third-order valence-electron chi connectivity index (χ3n) is 5.60. The number of methoxy groups -OCH3 is 1. The van der Waals surface area contributed by atoms with Gasteiger partial charge in [0.15, 0.2) is 0 Å². The molecule has 0 unspecified atom stereocenters. The van der Waals surface area contributed by atoms with E-state index in [1.165, 1.54) is 0 Å². The number of thiazole rings is 1. The lowest BCUT2D eigenvalue weighted by atomic mass is 10.0. The van der Waals surface area contributed by atoms with Crippen molar-refractivity contribution in [1.82, 2.24) is 25.3 Å². The number of hydrogen-bond acceptors (Lipinski definition) is 7. The minimum absolute atomic E-state index is 0.0864.